The van der Waals surface area contributed by atoms with Crippen molar-refractivity contribution in [3.63, 3.8) is 0 Å². The number of aryl methyl sites for hydroxylation is 2. The second kappa shape index (κ2) is 5.44. The van der Waals surface area contributed by atoms with Crippen molar-refractivity contribution in [2.24, 2.45) is 5.73 Å². The molecule has 1 unspecified atom stereocenters. The summed E-state index contributed by atoms with van der Waals surface area (Å²) in [6, 6.07) is 6.79. The molecular formula is C16H25N3O. The average molecular weight is 275 g/mol. The molecule has 1 aliphatic carbocycles. The van der Waals surface area contributed by atoms with E-state index in [-0.39, 0.29) is 5.91 Å². The molecule has 1 saturated carbocycles. The first-order chi connectivity index (χ1) is 9.32. The van der Waals surface area contributed by atoms with Crippen molar-refractivity contribution in [2.45, 2.75) is 45.2 Å². The summed E-state index contributed by atoms with van der Waals surface area (Å²) in [5, 5.41) is 3.38. The number of carbonyl (C=O) groups excluding carboxylic acids is 1. The number of nitrogens with one attached hydrogen (secondary N) is 1. The molecule has 1 amide bonds. The zero-order valence-corrected chi connectivity index (χ0v) is 12.9. The Kier molecular flexibility index (Phi) is 4.04. The monoisotopic (exact) mass is 275 g/mol. The lowest BCUT2D eigenvalue weighted by molar-refractivity contribution is -0.123. The van der Waals surface area contributed by atoms with Gasteiger partial charge in [0.15, 0.2) is 0 Å². The van der Waals surface area contributed by atoms with Gasteiger partial charge in [-0.1, -0.05) is 17.7 Å². The summed E-state index contributed by atoms with van der Waals surface area (Å²) >= 11 is 0. The van der Waals surface area contributed by atoms with Crippen LogP contribution in [0.25, 0.3) is 0 Å². The zero-order chi connectivity index (χ0) is 14.9. The maximum Gasteiger partial charge on any atom is 0.239 e. The summed E-state index contributed by atoms with van der Waals surface area (Å²) in [5.41, 5.74) is 8.52. The number of nitrogens with two attached hydrogens (primary N) is 1. The molecule has 1 fully saturated rings. The number of primary amides is 1. The number of rotatable bonds is 6. The second-order valence-corrected chi connectivity index (χ2v) is 6.26. The van der Waals surface area contributed by atoms with Crippen LogP contribution in [-0.2, 0) is 4.79 Å². The van der Waals surface area contributed by atoms with E-state index in [0.717, 1.165) is 18.5 Å². The van der Waals surface area contributed by atoms with Crippen LogP contribution in [0.4, 0.5) is 5.69 Å². The lowest BCUT2D eigenvalue weighted by Crippen LogP contribution is -2.60. The molecule has 0 saturated heterocycles. The topological polar surface area (TPSA) is 58.4 Å². The van der Waals surface area contributed by atoms with E-state index in [2.05, 4.69) is 42.3 Å². The number of hydrogen-bond donors (Lipinski definition) is 2. The van der Waals surface area contributed by atoms with Gasteiger partial charge < -0.3 is 10.6 Å². The highest BCUT2D eigenvalue weighted by molar-refractivity contribution is 5.85. The maximum atomic E-state index is 11.8. The quantitative estimate of drug-likeness (QED) is 0.831. The van der Waals surface area contributed by atoms with Crippen LogP contribution in [0.1, 0.15) is 30.9 Å². The van der Waals surface area contributed by atoms with Crippen molar-refractivity contribution in [3.8, 4) is 0 Å². The van der Waals surface area contributed by atoms with Crippen LogP contribution in [0.3, 0.4) is 0 Å². The van der Waals surface area contributed by atoms with Crippen molar-refractivity contribution < 1.29 is 4.79 Å². The summed E-state index contributed by atoms with van der Waals surface area (Å²) < 4.78 is 0. The Labute approximate surface area is 121 Å². The van der Waals surface area contributed by atoms with Gasteiger partial charge in [-0.05, 0) is 45.2 Å². The maximum absolute atomic E-state index is 11.8. The summed E-state index contributed by atoms with van der Waals surface area (Å²) in [5.74, 6) is -0.291. The highest BCUT2D eigenvalue weighted by Gasteiger charge is 2.38. The van der Waals surface area contributed by atoms with Crippen molar-refractivity contribution in [3.05, 3.63) is 29.3 Å². The van der Waals surface area contributed by atoms with Crippen LogP contribution in [0, 0.1) is 13.8 Å². The number of carbonyl (C=O) groups is 1. The van der Waals surface area contributed by atoms with Crippen LogP contribution >= 0.6 is 0 Å². The number of likely N-dealkylation sites (N-methyl/N-ethyl adjacent to an activating group) is 1. The largest absolute Gasteiger partial charge is 0.372 e. The fraction of sp³-hybridized carbons (Fsp3) is 0.562. The molecule has 1 aromatic rings. The fourth-order valence-electron chi connectivity index (χ4n) is 2.67. The molecule has 20 heavy (non-hydrogen) atoms. The van der Waals surface area contributed by atoms with Gasteiger partial charge in [0.1, 0.15) is 5.54 Å². The van der Waals surface area contributed by atoms with E-state index in [0.29, 0.717) is 12.6 Å². The van der Waals surface area contributed by atoms with Gasteiger partial charge in [-0.3, -0.25) is 10.1 Å². The smallest absolute Gasteiger partial charge is 0.239 e. The normalized spacial score (nSPS) is 17.6. The van der Waals surface area contributed by atoms with Crippen LogP contribution < -0.4 is 16.0 Å². The summed E-state index contributed by atoms with van der Waals surface area (Å²) in [7, 11) is 2.01. The molecule has 1 aliphatic rings. The Balaban J connectivity index is 2.14. The molecule has 0 heterocycles. The molecule has 0 spiro atoms. The van der Waals surface area contributed by atoms with Crippen LogP contribution in [0.2, 0.25) is 0 Å². The summed E-state index contributed by atoms with van der Waals surface area (Å²) in [4.78, 5) is 13.9. The molecule has 110 valence electrons. The first-order valence-corrected chi connectivity index (χ1v) is 7.18. The van der Waals surface area contributed by atoms with Gasteiger partial charge in [0.05, 0.1) is 0 Å². The Morgan fingerprint density at radius 2 is 2.10 bits per heavy atom. The summed E-state index contributed by atoms with van der Waals surface area (Å²) in [6.07, 6.45) is 2.27. The Hall–Kier alpha value is -1.55. The Morgan fingerprint density at radius 3 is 2.60 bits per heavy atom. The van der Waals surface area contributed by atoms with Crippen molar-refractivity contribution in [1.82, 2.24) is 5.32 Å². The number of benzene rings is 1. The van der Waals surface area contributed by atoms with E-state index in [1.54, 1.807) is 0 Å². The van der Waals surface area contributed by atoms with Gasteiger partial charge >= 0.3 is 0 Å². The van der Waals surface area contributed by atoms with Gasteiger partial charge in [-0.2, -0.15) is 0 Å². The van der Waals surface area contributed by atoms with Crippen molar-refractivity contribution in [2.75, 3.05) is 18.5 Å². The third-order valence-corrected chi connectivity index (χ3v) is 3.96. The van der Waals surface area contributed by atoms with E-state index >= 15 is 0 Å². The number of nitrogens with zero attached hydrogens (tertiary/aromatic N) is 1. The third kappa shape index (κ3) is 3.31. The molecule has 1 atom stereocenters. The molecule has 0 aromatic heterocycles. The average Bonchev–Trinajstić information content (AvgIpc) is 3.11. The first-order valence-electron chi connectivity index (χ1n) is 7.18. The predicted molar refractivity (Wildman–Crippen MR) is 82.9 cm³/mol. The number of amides is 1. The minimum Gasteiger partial charge on any atom is -0.372 e. The molecule has 4 nitrogen and oxygen atoms in total. The molecular weight excluding hydrogens is 250 g/mol. The number of hydrogen-bond acceptors (Lipinski definition) is 3. The molecule has 3 N–H and O–H groups in total. The predicted octanol–water partition coefficient (Wildman–Crippen LogP) is 1.74. The van der Waals surface area contributed by atoms with Gasteiger partial charge in [0.2, 0.25) is 5.91 Å². The van der Waals surface area contributed by atoms with Gasteiger partial charge in [-0.15, -0.1) is 0 Å². The Bertz CT molecular complexity index is 510. The first kappa shape index (κ1) is 14.9. The SMILES string of the molecule is Cc1ccc(N(C)CC(C)(NC2CC2)C(N)=O)c(C)c1. The molecule has 0 radical (unpaired) electrons. The highest BCUT2D eigenvalue weighted by Crippen LogP contribution is 2.25. The standard InChI is InChI=1S/C16H25N3O/c1-11-5-8-14(12(2)9-11)19(4)10-16(3,15(17)20)18-13-6-7-13/h5,8-9,13,18H,6-7,10H2,1-4H3,(H2,17,20). The second-order valence-electron chi connectivity index (χ2n) is 6.26. The van der Waals surface area contributed by atoms with Crippen LogP contribution in [0.15, 0.2) is 18.2 Å². The minimum atomic E-state index is -0.687. The number of anilines is 1. The summed E-state index contributed by atoms with van der Waals surface area (Å²) in [6.45, 7) is 6.64. The van der Waals surface area contributed by atoms with Crippen molar-refractivity contribution >= 4 is 11.6 Å². The van der Waals surface area contributed by atoms with E-state index < -0.39 is 5.54 Å². The van der Waals surface area contributed by atoms with E-state index in [4.69, 9.17) is 5.73 Å². The van der Waals surface area contributed by atoms with E-state index in [9.17, 15) is 4.79 Å². The van der Waals surface area contributed by atoms with E-state index in [1.165, 1.54) is 11.1 Å². The Morgan fingerprint density at radius 1 is 1.45 bits per heavy atom. The molecule has 0 bridgehead atoms. The third-order valence-electron chi connectivity index (χ3n) is 3.96. The van der Waals surface area contributed by atoms with Crippen molar-refractivity contribution in [1.29, 1.82) is 0 Å². The van der Waals surface area contributed by atoms with E-state index in [1.807, 2.05) is 14.0 Å². The molecule has 2 rings (SSSR count). The van der Waals surface area contributed by atoms with Gasteiger partial charge in [-0.25, -0.2) is 0 Å². The lowest BCUT2D eigenvalue weighted by Gasteiger charge is -2.34. The lowest BCUT2D eigenvalue weighted by atomic mass is 9.99. The molecule has 4 heteroatoms. The van der Waals surface area contributed by atoms with Crippen LogP contribution in [0.5, 0.6) is 0 Å². The van der Waals surface area contributed by atoms with Gasteiger partial charge in [0.25, 0.3) is 0 Å². The molecule has 0 aliphatic heterocycles. The molecule has 1 aromatic carbocycles. The minimum absolute atomic E-state index is 0.291. The van der Waals surface area contributed by atoms with Crippen LogP contribution in [-0.4, -0.2) is 31.1 Å². The fourth-order valence-corrected chi connectivity index (χ4v) is 2.67. The van der Waals surface area contributed by atoms with Gasteiger partial charge in [0, 0.05) is 25.3 Å². The zero-order valence-electron chi connectivity index (χ0n) is 12.9. The highest BCUT2D eigenvalue weighted by atomic mass is 16.1.